The molecule has 3 heterocycles. The van der Waals surface area contributed by atoms with Crippen molar-refractivity contribution in [2.24, 2.45) is 0 Å². The Balaban J connectivity index is 1.40. The molecule has 0 bridgehead atoms. The molecule has 1 atom stereocenters. The summed E-state index contributed by atoms with van der Waals surface area (Å²) in [7, 11) is 1.67. The number of likely N-dealkylation sites (tertiary alicyclic amines) is 1. The van der Waals surface area contributed by atoms with E-state index in [-0.39, 0.29) is 23.1 Å². The molecule has 16 heteroatoms. The van der Waals surface area contributed by atoms with Crippen LogP contribution in [0.3, 0.4) is 0 Å². The molecular weight excluding hydrogens is 595 g/mol. The molecule has 0 spiro atoms. The smallest absolute Gasteiger partial charge is 0.272 e. The lowest BCUT2D eigenvalue weighted by atomic mass is 10.0. The normalized spacial score (nSPS) is 20.5. The maximum atomic E-state index is 13.6. The molecule has 1 unspecified atom stereocenters. The first-order valence-corrected chi connectivity index (χ1v) is 13.4. The van der Waals surface area contributed by atoms with E-state index in [1.54, 1.807) is 31.5 Å². The lowest BCUT2D eigenvalue weighted by Gasteiger charge is -2.44. The molecule has 3 amide bonds. The lowest BCUT2D eigenvalue weighted by Crippen LogP contribution is -2.66. The Hall–Kier alpha value is -4.14. The van der Waals surface area contributed by atoms with E-state index >= 15 is 0 Å². The van der Waals surface area contributed by atoms with Gasteiger partial charge in [-0.05, 0) is 36.4 Å². The number of carbonyl (C=O) groups is 3. The van der Waals surface area contributed by atoms with Crippen LogP contribution in [-0.2, 0) is 14.4 Å². The Morgan fingerprint density at radius 1 is 1.17 bits per heavy atom. The summed E-state index contributed by atoms with van der Waals surface area (Å²) in [5.41, 5.74) is 1.71. The summed E-state index contributed by atoms with van der Waals surface area (Å²) < 4.78 is 28.6. The van der Waals surface area contributed by atoms with Crippen molar-refractivity contribution in [2.45, 2.75) is 12.0 Å². The monoisotopic (exact) mass is 619 g/mol. The van der Waals surface area contributed by atoms with Crippen molar-refractivity contribution in [2.75, 3.05) is 44.7 Å². The van der Waals surface area contributed by atoms with Crippen molar-refractivity contribution in [1.82, 2.24) is 35.4 Å². The van der Waals surface area contributed by atoms with Gasteiger partial charge in [-0.3, -0.25) is 24.2 Å². The highest BCUT2D eigenvalue weighted by Crippen LogP contribution is 2.31. The molecule has 1 aromatic heterocycles. The van der Waals surface area contributed by atoms with E-state index in [1.165, 1.54) is 38.9 Å². The van der Waals surface area contributed by atoms with Crippen molar-refractivity contribution >= 4 is 52.3 Å². The van der Waals surface area contributed by atoms with Gasteiger partial charge in [0.15, 0.2) is 5.15 Å². The number of halogens is 4. The number of benzene rings is 1. The summed E-state index contributed by atoms with van der Waals surface area (Å²) in [5.74, 6) is -4.65. The highest BCUT2D eigenvalue weighted by Gasteiger charge is 2.47. The van der Waals surface area contributed by atoms with E-state index < -0.39 is 55.9 Å². The van der Waals surface area contributed by atoms with Crippen LogP contribution in [0.25, 0.3) is 5.69 Å². The molecule has 0 saturated carbocycles. The molecule has 3 N–H and O–H groups in total. The zero-order valence-corrected chi connectivity index (χ0v) is 23.7. The number of nitrogens with one attached hydrogen (secondary N) is 3. The second kappa shape index (κ2) is 11.6. The molecule has 1 aliphatic carbocycles. The van der Waals surface area contributed by atoms with Crippen LogP contribution < -0.4 is 15.5 Å². The summed E-state index contributed by atoms with van der Waals surface area (Å²) in [4.78, 5) is 44.2. The number of carbonyl (C=O) groups excluding carboxylic acids is 3. The number of alkyl halides is 2. The van der Waals surface area contributed by atoms with Crippen molar-refractivity contribution < 1.29 is 23.2 Å². The third kappa shape index (κ3) is 6.20. The summed E-state index contributed by atoms with van der Waals surface area (Å²) in [6.07, 6.45) is 7.57. The molecule has 220 valence electrons. The molecule has 2 aromatic rings. The lowest BCUT2D eigenvalue weighted by molar-refractivity contribution is -0.154. The molecular formula is C26H25Cl2F2N9O3. The van der Waals surface area contributed by atoms with Crippen LogP contribution in [0.5, 0.6) is 0 Å². The first-order chi connectivity index (χ1) is 19.9. The van der Waals surface area contributed by atoms with Crippen molar-refractivity contribution in [1.29, 1.82) is 5.41 Å². The molecule has 42 heavy (non-hydrogen) atoms. The maximum Gasteiger partial charge on any atom is 0.272 e. The third-order valence-electron chi connectivity index (χ3n) is 6.80. The molecule has 2 aliphatic heterocycles. The van der Waals surface area contributed by atoms with Crippen molar-refractivity contribution in [3.8, 4) is 5.69 Å². The van der Waals surface area contributed by atoms with Gasteiger partial charge in [0.05, 0.1) is 36.4 Å². The van der Waals surface area contributed by atoms with E-state index in [2.05, 4.69) is 20.9 Å². The predicted octanol–water partition coefficient (Wildman–Crippen LogP) is 1.76. The minimum atomic E-state index is -2.89. The third-order valence-corrected chi connectivity index (χ3v) is 7.21. The highest BCUT2D eigenvalue weighted by atomic mass is 35.5. The Labute approximate surface area is 248 Å². The van der Waals surface area contributed by atoms with Gasteiger partial charge in [-0.2, -0.15) is 0 Å². The van der Waals surface area contributed by atoms with Crippen LogP contribution in [0.4, 0.5) is 14.5 Å². The largest absolute Gasteiger partial charge is 0.393 e. The predicted molar refractivity (Wildman–Crippen MR) is 151 cm³/mol. The topological polar surface area (TPSA) is 140 Å². The van der Waals surface area contributed by atoms with Crippen LogP contribution in [0.1, 0.15) is 0 Å². The number of nitrogens with zero attached hydrogens (tertiary/aromatic N) is 6. The first-order valence-electron chi connectivity index (χ1n) is 12.7. The Kier molecular flexibility index (Phi) is 8.12. The molecule has 2 fully saturated rings. The number of rotatable bonds is 8. The van der Waals surface area contributed by atoms with E-state index in [0.29, 0.717) is 22.0 Å². The zero-order chi connectivity index (χ0) is 30.2. The quantitative estimate of drug-likeness (QED) is 0.409. The average molecular weight is 620 g/mol. The van der Waals surface area contributed by atoms with Gasteiger partial charge < -0.3 is 20.9 Å². The van der Waals surface area contributed by atoms with E-state index in [4.69, 9.17) is 28.6 Å². The van der Waals surface area contributed by atoms with Gasteiger partial charge in [0.1, 0.15) is 19.1 Å². The minimum absolute atomic E-state index is 0.113. The van der Waals surface area contributed by atoms with Crippen molar-refractivity contribution in [3.63, 3.8) is 0 Å². The standard InChI is InChI=1S/C26H25Cl2F2N9O3/c1-32-8-15-6-17(3-4-18(15)31)33-25(42)21(9-36-13-26(29,30)14-36)38-12-23(40)37(11-24(38)41)20-7-16(27)2-5-19(20)39-10-22(28)34-35-39/h2-8,10,21,31-32H,9,11-14H2,1H3,(H,33,42)/b15-8-,31-18?. The van der Waals surface area contributed by atoms with E-state index in [9.17, 15) is 23.2 Å². The second-order valence-electron chi connectivity index (χ2n) is 9.89. The summed E-state index contributed by atoms with van der Waals surface area (Å²) in [6.45, 7) is -2.27. The second-order valence-corrected chi connectivity index (χ2v) is 10.7. The maximum absolute atomic E-state index is 13.6. The fraction of sp³-hybridized carbons (Fsp3) is 0.308. The van der Waals surface area contributed by atoms with E-state index in [1.807, 2.05) is 0 Å². The average Bonchev–Trinajstić information content (AvgIpc) is 3.35. The summed E-state index contributed by atoms with van der Waals surface area (Å²) in [6, 6.07) is 3.42. The SMILES string of the molecule is CN/C=C1/C=C(NC(=O)C(CN2CC(F)(F)C2)N2CC(=O)N(c3cc(Cl)ccc3-n3cc(Cl)nn3)CC2=O)C=CC1=N. The molecule has 0 radical (unpaired) electrons. The van der Waals surface area contributed by atoms with Gasteiger partial charge in [0, 0.05) is 36.1 Å². The van der Waals surface area contributed by atoms with Gasteiger partial charge in [0.2, 0.25) is 17.7 Å². The van der Waals surface area contributed by atoms with Crippen LogP contribution >= 0.6 is 23.2 Å². The number of hydrogen-bond donors (Lipinski definition) is 3. The van der Waals surface area contributed by atoms with Gasteiger partial charge >= 0.3 is 0 Å². The molecule has 5 rings (SSSR count). The molecule has 1 aromatic carbocycles. The summed E-state index contributed by atoms with van der Waals surface area (Å²) in [5, 5.41) is 21.6. The first kappa shape index (κ1) is 29.4. The Morgan fingerprint density at radius 2 is 1.93 bits per heavy atom. The number of aromatic nitrogens is 3. The van der Waals surface area contributed by atoms with Crippen LogP contribution in [0.15, 0.2) is 60.1 Å². The van der Waals surface area contributed by atoms with Crippen molar-refractivity contribution in [3.05, 3.63) is 70.3 Å². The minimum Gasteiger partial charge on any atom is -0.393 e. The summed E-state index contributed by atoms with van der Waals surface area (Å²) >= 11 is 12.1. The molecule has 3 aliphatic rings. The number of amides is 3. The van der Waals surface area contributed by atoms with E-state index in [0.717, 1.165) is 4.90 Å². The number of piperazine rings is 1. The van der Waals surface area contributed by atoms with Gasteiger partial charge in [-0.25, -0.2) is 13.5 Å². The Morgan fingerprint density at radius 3 is 2.60 bits per heavy atom. The zero-order valence-electron chi connectivity index (χ0n) is 22.2. The molecule has 2 saturated heterocycles. The van der Waals surface area contributed by atoms with Crippen LogP contribution in [-0.4, -0.2) is 100.0 Å². The number of anilines is 1. The van der Waals surface area contributed by atoms with Gasteiger partial charge in [-0.1, -0.05) is 28.4 Å². The fourth-order valence-corrected chi connectivity index (χ4v) is 5.14. The van der Waals surface area contributed by atoms with Gasteiger partial charge in [-0.15, -0.1) is 5.10 Å². The molecule has 12 nitrogen and oxygen atoms in total. The fourth-order valence-electron chi connectivity index (χ4n) is 4.85. The van der Waals surface area contributed by atoms with Crippen LogP contribution in [0.2, 0.25) is 10.2 Å². The van der Waals surface area contributed by atoms with Gasteiger partial charge in [0.25, 0.3) is 5.92 Å². The highest BCUT2D eigenvalue weighted by molar-refractivity contribution is 6.31. The van der Waals surface area contributed by atoms with Crippen LogP contribution in [0, 0.1) is 5.41 Å². The number of allylic oxidation sites excluding steroid dienone is 4. The number of hydrogen-bond acceptors (Lipinski definition) is 8. The Bertz CT molecular complexity index is 1550.